The number of nitrogen functional groups attached to an aromatic ring is 1. The summed E-state index contributed by atoms with van der Waals surface area (Å²) in [5, 5.41) is 0. The summed E-state index contributed by atoms with van der Waals surface area (Å²) >= 11 is 1.54. The van der Waals surface area contributed by atoms with Crippen molar-refractivity contribution >= 4 is 22.8 Å². The molecule has 2 rings (SSSR count). The number of carbonyl (C=O) groups is 1. The largest absolute Gasteiger partial charge is 0.398 e. The molecule has 1 aromatic carbocycles. The van der Waals surface area contributed by atoms with Crippen LogP contribution in [-0.2, 0) is 0 Å². The van der Waals surface area contributed by atoms with Crippen LogP contribution in [0.1, 0.15) is 31.2 Å². The van der Waals surface area contributed by atoms with Gasteiger partial charge in [0.15, 0.2) is 0 Å². The molecule has 0 radical (unpaired) electrons. The van der Waals surface area contributed by atoms with Gasteiger partial charge in [-0.1, -0.05) is 12.1 Å². The minimum atomic E-state index is 0.0623. The molecule has 0 amide bonds. The second kappa shape index (κ2) is 4.34. The third-order valence-electron chi connectivity index (χ3n) is 2.79. The summed E-state index contributed by atoms with van der Waals surface area (Å²) in [6.45, 7) is 5.91. The number of ketones is 1. The van der Waals surface area contributed by atoms with Crippen LogP contribution in [0.25, 0.3) is 0 Å². The van der Waals surface area contributed by atoms with E-state index in [1.807, 2.05) is 39.0 Å². The average molecular weight is 245 g/mol. The van der Waals surface area contributed by atoms with E-state index in [4.69, 9.17) is 5.73 Å². The van der Waals surface area contributed by atoms with Crippen molar-refractivity contribution in [2.24, 2.45) is 0 Å². The van der Waals surface area contributed by atoms with Gasteiger partial charge in [-0.3, -0.25) is 4.79 Å². The number of carbonyl (C=O) groups excluding carboxylic acids is 1. The third kappa shape index (κ3) is 2.24. The van der Waals surface area contributed by atoms with Crippen molar-refractivity contribution in [2.45, 2.75) is 20.8 Å². The molecule has 0 aliphatic rings. The Kier molecular flexibility index (Phi) is 3.03. The monoisotopic (exact) mass is 245 g/mol. The smallest absolute Gasteiger partial charge is 0.203 e. The zero-order chi connectivity index (χ0) is 12.6. The van der Waals surface area contributed by atoms with Crippen LogP contribution in [0.3, 0.4) is 0 Å². The van der Waals surface area contributed by atoms with Gasteiger partial charge in [0.1, 0.15) is 0 Å². The van der Waals surface area contributed by atoms with Crippen molar-refractivity contribution < 1.29 is 4.79 Å². The van der Waals surface area contributed by atoms with Gasteiger partial charge in [0.05, 0.1) is 4.88 Å². The summed E-state index contributed by atoms with van der Waals surface area (Å²) in [5.41, 5.74) is 9.20. The van der Waals surface area contributed by atoms with Crippen molar-refractivity contribution in [3.05, 3.63) is 50.7 Å². The number of benzene rings is 1. The molecule has 2 aromatic rings. The van der Waals surface area contributed by atoms with E-state index in [-0.39, 0.29) is 5.78 Å². The summed E-state index contributed by atoms with van der Waals surface area (Å²) < 4.78 is 0. The highest BCUT2D eigenvalue weighted by molar-refractivity contribution is 7.14. The fourth-order valence-corrected chi connectivity index (χ4v) is 2.77. The Morgan fingerprint density at radius 3 is 2.35 bits per heavy atom. The van der Waals surface area contributed by atoms with Crippen LogP contribution >= 0.6 is 11.3 Å². The summed E-state index contributed by atoms with van der Waals surface area (Å²) in [4.78, 5) is 14.3. The van der Waals surface area contributed by atoms with E-state index in [0.717, 1.165) is 20.9 Å². The van der Waals surface area contributed by atoms with Gasteiger partial charge in [0.25, 0.3) is 0 Å². The predicted octanol–water partition coefficient (Wildman–Crippen LogP) is 3.49. The topological polar surface area (TPSA) is 43.1 Å². The Hall–Kier alpha value is -1.61. The molecule has 0 spiro atoms. The van der Waals surface area contributed by atoms with Crippen molar-refractivity contribution in [1.82, 2.24) is 0 Å². The van der Waals surface area contributed by atoms with Gasteiger partial charge in [-0.2, -0.15) is 0 Å². The second-order valence-corrected chi connectivity index (χ2v) is 5.53. The first-order valence-electron chi connectivity index (χ1n) is 5.47. The standard InChI is InChI=1S/C14H15NOS/c1-8-4-5-11(7-12(8)15)13(16)14-9(2)6-10(3)17-14/h4-7H,15H2,1-3H3. The first kappa shape index (κ1) is 11.9. The molecular formula is C14H15NOS. The lowest BCUT2D eigenvalue weighted by Gasteiger charge is -2.04. The fourth-order valence-electron chi connectivity index (χ4n) is 1.78. The Morgan fingerprint density at radius 2 is 1.82 bits per heavy atom. The Balaban J connectivity index is 2.44. The Bertz CT molecular complexity index is 584. The minimum absolute atomic E-state index is 0.0623. The number of anilines is 1. The highest BCUT2D eigenvalue weighted by Crippen LogP contribution is 2.25. The van der Waals surface area contributed by atoms with Crippen molar-refractivity contribution in [3.63, 3.8) is 0 Å². The lowest BCUT2D eigenvalue weighted by Crippen LogP contribution is -2.02. The molecule has 0 saturated heterocycles. The van der Waals surface area contributed by atoms with Crippen molar-refractivity contribution in [3.8, 4) is 0 Å². The maximum atomic E-state index is 12.3. The lowest BCUT2D eigenvalue weighted by atomic mass is 10.0. The third-order valence-corrected chi connectivity index (χ3v) is 3.94. The van der Waals surface area contributed by atoms with Crippen LogP contribution in [-0.4, -0.2) is 5.78 Å². The summed E-state index contributed by atoms with van der Waals surface area (Å²) in [5.74, 6) is 0.0623. The molecule has 2 N–H and O–H groups in total. The summed E-state index contributed by atoms with van der Waals surface area (Å²) in [6.07, 6.45) is 0. The maximum Gasteiger partial charge on any atom is 0.203 e. The van der Waals surface area contributed by atoms with Crippen LogP contribution in [0.5, 0.6) is 0 Å². The molecule has 0 aliphatic carbocycles. The quantitative estimate of drug-likeness (QED) is 0.650. The van der Waals surface area contributed by atoms with Crippen LogP contribution < -0.4 is 5.73 Å². The van der Waals surface area contributed by atoms with Crippen LogP contribution in [0, 0.1) is 20.8 Å². The molecule has 2 nitrogen and oxygen atoms in total. The number of hydrogen-bond acceptors (Lipinski definition) is 3. The van der Waals surface area contributed by atoms with Crippen molar-refractivity contribution in [2.75, 3.05) is 5.73 Å². The second-order valence-electron chi connectivity index (χ2n) is 4.27. The van der Waals surface area contributed by atoms with E-state index in [9.17, 15) is 4.79 Å². The van der Waals surface area contributed by atoms with E-state index >= 15 is 0 Å². The van der Waals surface area contributed by atoms with Gasteiger partial charge >= 0.3 is 0 Å². The Labute approximate surface area is 105 Å². The van der Waals surface area contributed by atoms with Crippen LogP contribution in [0.4, 0.5) is 5.69 Å². The van der Waals surface area contributed by atoms with Crippen LogP contribution in [0.15, 0.2) is 24.3 Å². The number of nitrogens with two attached hydrogens (primary N) is 1. The van der Waals surface area contributed by atoms with Gasteiger partial charge in [0.2, 0.25) is 5.78 Å². The maximum absolute atomic E-state index is 12.3. The van der Waals surface area contributed by atoms with E-state index < -0.39 is 0 Å². The zero-order valence-electron chi connectivity index (χ0n) is 10.2. The van der Waals surface area contributed by atoms with Crippen LogP contribution in [0.2, 0.25) is 0 Å². The van der Waals surface area contributed by atoms with Gasteiger partial charge < -0.3 is 5.73 Å². The average Bonchev–Trinajstić information content (AvgIpc) is 2.61. The fraction of sp³-hybridized carbons (Fsp3) is 0.214. The summed E-state index contributed by atoms with van der Waals surface area (Å²) in [7, 11) is 0. The highest BCUT2D eigenvalue weighted by Gasteiger charge is 2.15. The number of hydrogen-bond donors (Lipinski definition) is 1. The predicted molar refractivity (Wildman–Crippen MR) is 72.8 cm³/mol. The van der Waals surface area contributed by atoms with E-state index in [1.165, 1.54) is 11.3 Å². The van der Waals surface area contributed by atoms with E-state index in [2.05, 4.69) is 0 Å². The van der Waals surface area contributed by atoms with Gasteiger partial charge in [-0.05, 0) is 44.0 Å². The highest BCUT2D eigenvalue weighted by atomic mass is 32.1. The number of thiophene rings is 1. The number of rotatable bonds is 2. The molecular weight excluding hydrogens is 230 g/mol. The molecule has 0 saturated carbocycles. The molecule has 0 fully saturated rings. The Morgan fingerprint density at radius 1 is 1.12 bits per heavy atom. The minimum Gasteiger partial charge on any atom is -0.398 e. The van der Waals surface area contributed by atoms with Gasteiger partial charge in [-0.25, -0.2) is 0 Å². The molecule has 0 aliphatic heterocycles. The zero-order valence-corrected chi connectivity index (χ0v) is 11.0. The van der Waals surface area contributed by atoms with E-state index in [0.29, 0.717) is 11.3 Å². The van der Waals surface area contributed by atoms with Gasteiger partial charge in [-0.15, -0.1) is 11.3 Å². The molecule has 17 heavy (non-hydrogen) atoms. The first-order valence-corrected chi connectivity index (χ1v) is 6.28. The molecule has 1 aromatic heterocycles. The first-order chi connectivity index (χ1) is 7.99. The molecule has 1 heterocycles. The molecule has 0 unspecified atom stereocenters. The molecule has 88 valence electrons. The molecule has 3 heteroatoms. The molecule has 0 atom stereocenters. The van der Waals surface area contributed by atoms with Gasteiger partial charge in [0, 0.05) is 16.1 Å². The van der Waals surface area contributed by atoms with E-state index in [1.54, 1.807) is 6.07 Å². The van der Waals surface area contributed by atoms with Crippen molar-refractivity contribution in [1.29, 1.82) is 0 Å². The SMILES string of the molecule is Cc1cc(C)c(C(=O)c2ccc(C)c(N)c2)s1. The summed E-state index contributed by atoms with van der Waals surface area (Å²) in [6, 6.07) is 7.52. The normalized spacial score (nSPS) is 10.5. The molecule has 0 bridgehead atoms. The number of aryl methyl sites for hydroxylation is 3. The lowest BCUT2D eigenvalue weighted by molar-refractivity contribution is 0.104.